The molecule has 2 aromatic carbocycles. The van der Waals surface area contributed by atoms with E-state index in [0.717, 1.165) is 6.42 Å². The Morgan fingerprint density at radius 1 is 0.957 bits per heavy atom. The average molecular weight is 334 g/mol. The van der Waals surface area contributed by atoms with Gasteiger partial charge in [-0.05, 0) is 42.7 Å². The molecule has 0 amide bonds. The predicted octanol–water partition coefficient (Wildman–Crippen LogP) is 4.85. The van der Waals surface area contributed by atoms with Crippen LogP contribution < -0.4 is 4.74 Å². The molecule has 1 N–H and O–H groups in total. The molecule has 4 nitrogen and oxygen atoms in total. The Labute approximate surface area is 137 Å². The van der Waals surface area contributed by atoms with Crippen molar-refractivity contribution in [2.45, 2.75) is 43.9 Å². The Hall–Kier alpha value is -1.85. The minimum Gasteiger partial charge on any atom is -0.457 e. The highest BCUT2D eigenvalue weighted by Gasteiger charge is 2.10. The van der Waals surface area contributed by atoms with Crippen molar-refractivity contribution in [1.29, 1.82) is 0 Å². The minimum absolute atomic E-state index is 0.178. The molecule has 0 aromatic heterocycles. The van der Waals surface area contributed by atoms with E-state index in [1.54, 1.807) is 6.07 Å². The molecule has 0 heterocycles. The number of benzene rings is 2. The van der Waals surface area contributed by atoms with Crippen LogP contribution in [0.3, 0.4) is 0 Å². The van der Waals surface area contributed by atoms with E-state index in [-0.39, 0.29) is 4.90 Å². The number of hydrogen-bond donors (Lipinski definition) is 1. The maximum atomic E-state index is 11.1. The van der Waals surface area contributed by atoms with Gasteiger partial charge in [-0.25, -0.2) is 0 Å². The predicted molar refractivity (Wildman–Crippen MR) is 90.6 cm³/mol. The summed E-state index contributed by atoms with van der Waals surface area (Å²) < 4.78 is 36.9. The van der Waals surface area contributed by atoms with E-state index >= 15 is 0 Å². The van der Waals surface area contributed by atoms with E-state index in [9.17, 15) is 8.42 Å². The maximum Gasteiger partial charge on any atom is 0.294 e. The van der Waals surface area contributed by atoms with Gasteiger partial charge in [-0.1, -0.05) is 44.4 Å². The monoisotopic (exact) mass is 334 g/mol. The summed E-state index contributed by atoms with van der Waals surface area (Å²) in [5, 5.41) is 0. The molecule has 0 bridgehead atoms. The summed E-state index contributed by atoms with van der Waals surface area (Å²) in [5.74, 6) is 1.01. The van der Waals surface area contributed by atoms with Crippen LogP contribution in [0.25, 0.3) is 0 Å². The number of ether oxygens (including phenoxy) is 1. The van der Waals surface area contributed by atoms with E-state index in [1.807, 2.05) is 24.3 Å². The fourth-order valence-electron chi connectivity index (χ4n) is 2.31. The number of unbranched alkanes of at least 4 members (excludes halogenated alkanes) is 3. The molecule has 0 saturated heterocycles. The van der Waals surface area contributed by atoms with Crippen LogP contribution in [0.5, 0.6) is 11.5 Å². The van der Waals surface area contributed by atoms with Crippen LogP contribution in [0.1, 0.15) is 38.2 Å². The zero-order chi connectivity index (χ0) is 16.7. The van der Waals surface area contributed by atoms with Crippen molar-refractivity contribution in [2.75, 3.05) is 0 Å². The normalized spacial score (nSPS) is 11.4. The van der Waals surface area contributed by atoms with E-state index < -0.39 is 10.1 Å². The first kappa shape index (κ1) is 17.5. The van der Waals surface area contributed by atoms with Crippen molar-refractivity contribution >= 4 is 10.1 Å². The molecule has 0 fully saturated rings. The molecule has 0 unspecified atom stereocenters. The lowest BCUT2D eigenvalue weighted by molar-refractivity contribution is 0.471. The fourth-order valence-corrected chi connectivity index (χ4v) is 2.83. The lowest BCUT2D eigenvalue weighted by Gasteiger charge is -2.08. The standard InChI is InChI=1S/C18H22O4S/c1-2-3-4-5-7-15-10-12-16(13-11-15)22-17-8-6-9-18(14-17)23(19,20)21/h6,8-14H,2-5,7H2,1H3,(H,19,20,21). The largest absolute Gasteiger partial charge is 0.457 e. The van der Waals surface area contributed by atoms with Crippen molar-refractivity contribution in [1.82, 2.24) is 0 Å². The molecular weight excluding hydrogens is 312 g/mol. The molecule has 0 saturated carbocycles. The third-order valence-electron chi connectivity index (χ3n) is 3.58. The van der Waals surface area contributed by atoms with Crippen molar-refractivity contribution in [3.05, 3.63) is 54.1 Å². The van der Waals surface area contributed by atoms with Gasteiger partial charge in [-0.15, -0.1) is 0 Å². The van der Waals surface area contributed by atoms with Crippen LogP contribution in [-0.2, 0) is 16.5 Å². The molecule has 124 valence electrons. The summed E-state index contributed by atoms with van der Waals surface area (Å²) in [6.07, 6.45) is 5.99. The summed E-state index contributed by atoms with van der Waals surface area (Å²) in [7, 11) is -4.22. The molecule has 2 rings (SSSR count). The van der Waals surface area contributed by atoms with Gasteiger partial charge in [0.25, 0.3) is 10.1 Å². The molecule has 0 atom stereocenters. The van der Waals surface area contributed by atoms with E-state index in [4.69, 9.17) is 9.29 Å². The molecule has 0 aliphatic heterocycles. The SMILES string of the molecule is CCCCCCc1ccc(Oc2cccc(S(=O)(=O)O)c2)cc1. The molecule has 0 aliphatic carbocycles. The lowest BCUT2D eigenvalue weighted by atomic mass is 10.1. The lowest BCUT2D eigenvalue weighted by Crippen LogP contribution is -1.98. The van der Waals surface area contributed by atoms with Gasteiger partial charge in [0.05, 0.1) is 4.90 Å². The smallest absolute Gasteiger partial charge is 0.294 e. The second-order valence-electron chi connectivity index (χ2n) is 5.51. The van der Waals surface area contributed by atoms with Gasteiger partial charge in [-0.2, -0.15) is 8.42 Å². The fraction of sp³-hybridized carbons (Fsp3) is 0.333. The Bertz CT molecular complexity index is 721. The van der Waals surface area contributed by atoms with Gasteiger partial charge >= 0.3 is 0 Å². The molecule has 23 heavy (non-hydrogen) atoms. The summed E-state index contributed by atoms with van der Waals surface area (Å²) in [4.78, 5) is -0.178. The van der Waals surface area contributed by atoms with E-state index in [2.05, 4.69) is 6.92 Å². The first-order chi connectivity index (χ1) is 11.0. The van der Waals surface area contributed by atoms with Crippen LogP contribution >= 0.6 is 0 Å². The first-order valence-corrected chi connectivity index (χ1v) is 9.27. The van der Waals surface area contributed by atoms with Crippen molar-refractivity contribution < 1.29 is 17.7 Å². The van der Waals surface area contributed by atoms with Crippen LogP contribution in [0.4, 0.5) is 0 Å². The van der Waals surface area contributed by atoms with Crippen LogP contribution in [-0.4, -0.2) is 13.0 Å². The summed E-state index contributed by atoms with van der Waals surface area (Å²) in [6, 6.07) is 13.6. The van der Waals surface area contributed by atoms with Crippen molar-refractivity contribution in [3.8, 4) is 11.5 Å². The Balaban J connectivity index is 1.98. The van der Waals surface area contributed by atoms with Crippen LogP contribution in [0.15, 0.2) is 53.4 Å². The van der Waals surface area contributed by atoms with Gasteiger partial charge in [0.2, 0.25) is 0 Å². The van der Waals surface area contributed by atoms with Gasteiger partial charge in [0.15, 0.2) is 0 Å². The van der Waals surface area contributed by atoms with Crippen LogP contribution in [0.2, 0.25) is 0 Å². The highest BCUT2D eigenvalue weighted by Crippen LogP contribution is 2.24. The highest BCUT2D eigenvalue weighted by atomic mass is 32.2. The van der Waals surface area contributed by atoms with Gasteiger partial charge in [0, 0.05) is 6.07 Å². The molecular formula is C18H22O4S. The maximum absolute atomic E-state index is 11.1. The highest BCUT2D eigenvalue weighted by molar-refractivity contribution is 7.85. The van der Waals surface area contributed by atoms with Gasteiger partial charge in [-0.3, -0.25) is 4.55 Å². The molecule has 0 spiro atoms. The van der Waals surface area contributed by atoms with Crippen LogP contribution in [0, 0.1) is 0 Å². The zero-order valence-electron chi connectivity index (χ0n) is 13.2. The topological polar surface area (TPSA) is 63.6 Å². The summed E-state index contributed by atoms with van der Waals surface area (Å²) in [6.45, 7) is 2.20. The van der Waals surface area contributed by atoms with Gasteiger partial charge < -0.3 is 4.74 Å². The second kappa shape index (κ2) is 8.13. The Kier molecular flexibility index (Phi) is 6.19. The van der Waals surface area contributed by atoms with Gasteiger partial charge in [0.1, 0.15) is 11.5 Å². The third kappa shape index (κ3) is 5.69. The third-order valence-corrected chi connectivity index (χ3v) is 4.43. The quantitative estimate of drug-likeness (QED) is 0.554. The number of aryl methyl sites for hydroxylation is 1. The summed E-state index contributed by atoms with van der Waals surface area (Å²) in [5.41, 5.74) is 1.26. The number of rotatable bonds is 8. The van der Waals surface area contributed by atoms with Crippen molar-refractivity contribution in [2.24, 2.45) is 0 Å². The average Bonchev–Trinajstić information content (AvgIpc) is 2.53. The minimum atomic E-state index is -4.22. The Morgan fingerprint density at radius 2 is 1.70 bits per heavy atom. The number of hydrogen-bond acceptors (Lipinski definition) is 3. The molecule has 0 radical (unpaired) electrons. The van der Waals surface area contributed by atoms with Crippen molar-refractivity contribution in [3.63, 3.8) is 0 Å². The molecule has 2 aromatic rings. The van der Waals surface area contributed by atoms with E-state index in [0.29, 0.717) is 11.5 Å². The molecule has 0 aliphatic rings. The summed E-state index contributed by atoms with van der Waals surface area (Å²) >= 11 is 0. The Morgan fingerprint density at radius 3 is 2.35 bits per heavy atom. The van der Waals surface area contributed by atoms with E-state index in [1.165, 1.54) is 49.4 Å². The molecule has 5 heteroatoms. The first-order valence-electron chi connectivity index (χ1n) is 7.83. The second-order valence-corrected chi connectivity index (χ2v) is 6.93. The zero-order valence-corrected chi connectivity index (χ0v) is 14.1.